The molecule has 2 heterocycles. The zero-order valence-electron chi connectivity index (χ0n) is 16.9. The molecule has 5 nitrogen and oxygen atoms in total. The quantitative estimate of drug-likeness (QED) is 0.310. The zero-order chi connectivity index (χ0) is 21.1. The third-order valence-corrected chi connectivity index (χ3v) is 6.61. The zero-order valence-corrected chi connectivity index (χ0v) is 18.6. The Morgan fingerprint density at radius 1 is 1.13 bits per heavy atom. The lowest BCUT2D eigenvalue weighted by Crippen LogP contribution is -2.15. The van der Waals surface area contributed by atoms with Crippen molar-refractivity contribution >= 4 is 44.9 Å². The number of methoxy groups -OCH3 is 1. The molecule has 0 bridgehead atoms. The molecule has 7 heteroatoms. The Labute approximate surface area is 183 Å². The standard InChI is InChI=1S/C23H21N3O2S2/c1-14-4-9-19(15(2)10-14)26-20(27)12-30-23-21-18(11-29-22(21)24-13-25-23)16-5-7-17(28-3)8-6-16/h4-11,13H,12H2,1-3H3,(H,26,27). The molecule has 0 saturated carbocycles. The number of rotatable bonds is 6. The first-order chi connectivity index (χ1) is 14.5. The lowest BCUT2D eigenvalue weighted by atomic mass is 10.1. The van der Waals surface area contributed by atoms with Crippen molar-refractivity contribution in [2.75, 3.05) is 18.2 Å². The van der Waals surface area contributed by atoms with Gasteiger partial charge < -0.3 is 10.1 Å². The normalized spacial score (nSPS) is 10.9. The number of carbonyl (C=O) groups is 1. The first-order valence-corrected chi connectivity index (χ1v) is 11.3. The lowest BCUT2D eigenvalue weighted by molar-refractivity contribution is -0.113. The highest BCUT2D eigenvalue weighted by molar-refractivity contribution is 8.00. The van der Waals surface area contributed by atoms with E-state index in [2.05, 4.69) is 26.7 Å². The molecule has 0 aliphatic carbocycles. The first-order valence-electron chi connectivity index (χ1n) is 9.41. The summed E-state index contributed by atoms with van der Waals surface area (Å²) in [6.07, 6.45) is 1.56. The van der Waals surface area contributed by atoms with E-state index in [0.717, 1.165) is 43.4 Å². The van der Waals surface area contributed by atoms with E-state index in [0.29, 0.717) is 0 Å². The molecule has 4 aromatic rings. The average Bonchev–Trinajstić information content (AvgIpc) is 3.19. The van der Waals surface area contributed by atoms with Gasteiger partial charge in [-0.05, 0) is 43.2 Å². The molecule has 1 N–H and O–H groups in total. The van der Waals surface area contributed by atoms with Gasteiger partial charge in [0.25, 0.3) is 0 Å². The van der Waals surface area contributed by atoms with Crippen molar-refractivity contribution in [3.05, 3.63) is 65.3 Å². The Kier molecular flexibility index (Phi) is 6.01. The smallest absolute Gasteiger partial charge is 0.234 e. The molecule has 2 aromatic carbocycles. The first kappa shape index (κ1) is 20.4. The summed E-state index contributed by atoms with van der Waals surface area (Å²) in [4.78, 5) is 22.3. The van der Waals surface area contributed by atoms with Crippen molar-refractivity contribution < 1.29 is 9.53 Å². The number of aryl methyl sites for hydroxylation is 2. The van der Waals surface area contributed by atoms with E-state index in [1.807, 2.05) is 50.2 Å². The second-order valence-electron chi connectivity index (χ2n) is 6.89. The maximum atomic E-state index is 12.5. The van der Waals surface area contributed by atoms with Crippen LogP contribution in [0.2, 0.25) is 0 Å². The van der Waals surface area contributed by atoms with Crippen molar-refractivity contribution in [3.63, 3.8) is 0 Å². The number of amides is 1. The van der Waals surface area contributed by atoms with Crippen LogP contribution in [-0.4, -0.2) is 28.7 Å². The van der Waals surface area contributed by atoms with Crippen LogP contribution in [0.4, 0.5) is 5.69 Å². The maximum Gasteiger partial charge on any atom is 0.234 e. The van der Waals surface area contributed by atoms with Gasteiger partial charge in [-0.1, -0.05) is 41.6 Å². The SMILES string of the molecule is COc1ccc(-c2csc3ncnc(SCC(=O)Nc4ccc(C)cc4C)c23)cc1. The highest BCUT2D eigenvalue weighted by Crippen LogP contribution is 2.38. The van der Waals surface area contributed by atoms with E-state index < -0.39 is 0 Å². The van der Waals surface area contributed by atoms with Crippen molar-refractivity contribution in [2.45, 2.75) is 18.9 Å². The van der Waals surface area contributed by atoms with E-state index >= 15 is 0 Å². The summed E-state index contributed by atoms with van der Waals surface area (Å²) in [6, 6.07) is 13.9. The molecule has 0 aliphatic heterocycles. The summed E-state index contributed by atoms with van der Waals surface area (Å²) in [6.45, 7) is 4.03. The molecule has 1 amide bonds. The van der Waals surface area contributed by atoms with Crippen molar-refractivity contribution in [2.24, 2.45) is 0 Å². The predicted octanol–water partition coefficient (Wildman–Crippen LogP) is 5.71. The van der Waals surface area contributed by atoms with E-state index in [1.165, 1.54) is 17.3 Å². The Bertz CT molecular complexity index is 1200. The molecule has 30 heavy (non-hydrogen) atoms. The van der Waals surface area contributed by atoms with Crippen molar-refractivity contribution in [1.82, 2.24) is 9.97 Å². The van der Waals surface area contributed by atoms with Crippen LogP contribution in [0.15, 0.2) is 59.2 Å². The third kappa shape index (κ3) is 4.32. The molecular formula is C23H21N3O2S2. The van der Waals surface area contributed by atoms with Crippen LogP contribution in [0, 0.1) is 13.8 Å². The van der Waals surface area contributed by atoms with Crippen LogP contribution in [-0.2, 0) is 4.79 Å². The molecule has 2 aromatic heterocycles. The van der Waals surface area contributed by atoms with Crippen LogP contribution in [0.5, 0.6) is 5.75 Å². The summed E-state index contributed by atoms with van der Waals surface area (Å²) in [7, 11) is 1.65. The number of aromatic nitrogens is 2. The molecular weight excluding hydrogens is 414 g/mol. The van der Waals surface area contributed by atoms with Gasteiger partial charge in [0, 0.05) is 16.6 Å². The Hall–Kier alpha value is -2.90. The minimum Gasteiger partial charge on any atom is -0.497 e. The number of nitrogens with zero attached hydrogens (tertiary/aromatic N) is 2. The van der Waals surface area contributed by atoms with E-state index in [9.17, 15) is 4.79 Å². The van der Waals surface area contributed by atoms with Gasteiger partial charge >= 0.3 is 0 Å². The fourth-order valence-corrected chi connectivity index (χ4v) is 5.01. The number of hydrogen-bond acceptors (Lipinski definition) is 6. The fraction of sp³-hybridized carbons (Fsp3) is 0.174. The van der Waals surface area contributed by atoms with Gasteiger partial charge in [0.05, 0.1) is 18.2 Å². The van der Waals surface area contributed by atoms with Gasteiger partial charge in [0.1, 0.15) is 21.9 Å². The Morgan fingerprint density at radius 2 is 1.93 bits per heavy atom. The van der Waals surface area contributed by atoms with Crippen molar-refractivity contribution in [3.8, 4) is 16.9 Å². The van der Waals surface area contributed by atoms with Crippen molar-refractivity contribution in [1.29, 1.82) is 0 Å². The number of nitrogens with one attached hydrogen (secondary N) is 1. The summed E-state index contributed by atoms with van der Waals surface area (Å²) in [5.74, 6) is 1.03. The molecule has 4 rings (SSSR count). The maximum absolute atomic E-state index is 12.5. The van der Waals surface area contributed by atoms with Crippen LogP contribution in [0.1, 0.15) is 11.1 Å². The summed E-state index contributed by atoms with van der Waals surface area (Å²) in [5.41, 5.74) is 5.20. The number of thiophene rings is 1. The number of ether oxygens (including phenoxy) is 1. The molecule has 0 saturated heterocycles. The molecule has 0 aliphatic rings. The Balaban J connectivity index is 1.55. The van der Waals surface area contributed by atoms with E-state index in [-0.39, 0.29) is 11.7 Å². The predicted molar refractivity (Wildman–Crippen MR) is 125 cm³/mol. The summed E-state index contributed by atoms with van der Waals surface area (Å²) >= 11 is 3.00. The number of anilines is 1. The van der Waals surface area contributed by atoms with Gasteiger partial charge in [-0.25, -0.2) is 9.97 Å². The minimum atomic E-state index is -0.0556. The highest BCUT2D eigenvalue weighted by atomic mass is 32.2. The van der Waals surface area contributed by atoms with Crippen LogP contribution in [0.25, 0.3) is 21.3 Å². The molecule has 0 radical (unpaired) electrons. The number of hydrogen-bond donors (Lipinski definition) is 1. The van der Waals surface area contributed by atoms with Gasteiger partial charge in [-0.3, -0.25) is 4.79 Å². The van der Waals surface area contributed by atoms with E-state index in [1.54, 1.807) is 24.8 Å². The van der Waals surface area contributed by atoms with Gasteiger partial charge in [-0.2, -0.15) is 0 Å². The van der Waals surface area contributed by atoms with Crippen LogP contribution in [0.3, 0.4) is 0 Å². The van der Waals surface area contributed by atoms with Crippen LogP contribution < -0.4 is 10.1 Å². The molecule has 152 valence electrons. The van der Waals surface area contributed by atoms with E-state index in [4.69, 9.17) is 4.74 Å². The minimum absolute atomic E-state index is 0.0556. The summed E-state index contributed by atoms with van der Waals surface area (Å²) < 4.78 is 5.26. The second-order valence-corrected chi connectivity index (χ2v) is 8.71. The second kappa shape index (κ2) is 8.85. The fourth-order valence-electron chi connectivity index (χ4n) is 3.21. The van der Waals surface area contributed by atoms with Gasteiger partial charge in [0.2, 0.25) is 5.91 Å². The Morgan fingerprint density at radius 3 is 2.67 bits per heavy atom. The highest BCUT2D eigenvalue weighted by Gasteiger charge is 2.15. The third-order valence-electron chi connectivity index (χ3n) is 4.73. The number of thioether (sulfide) groups is 1. The molecule has 0 atom stereocenters. The topological polar surface area (TPSA) is 64.1 Å². The number of fused-ring (bicyclic) bond motifs is 1. The average molecular weight is 436 g/mol. The molecule has 0 spiro atoms. The molecule has 0 fully saturated rings. The van der Waals surface area contributed by atoms with Gasteiger partial charge in [-0.15, -0.1) is 11.3 Å². The number of benzene rings is 2. The van der Waals surface area contributed by atoms with Crippen LogP contribution >= 0.6 is 23.1 Å². The lowest BCUT2D eigenvalue weighted by Gasteiger charge is -2.09. The monoisotopic (exact) mass is 435 g/mol. The number of carbonyl (C=O) groups excluding carboxylic acids is 1. The largest absolute Gasteiger partial charge is 0.497 e. The molecule has 0 unspecified atom stereocenters. The summed E-state index contributed by atoms with van der Waals surface area (Å²) in [5, 5.41) is 6.87. The van der Waals surface area contributed by atoms with Gasteiger partial charge in [0.15, 0.2) is 0 Å².